The van der Waals surface area contributed by atoms with E-state index in [2.05, 4.69) is 21.6 Å². The Kier molecular flexibility index (Phi) is 10.6. The van der Waals surface area contributed by atoms with Gasteiger partial charge < -0.3 is 4.74 Å². The summed E-state index contributed by atoms with van der Waals surface area (Å²) < 4.78 is 175. The zero-order valence-electron chi connectivity index (χ0n) is 21.3. The molecule has 232 valence electrons. The minimum atomic E-state index is -7.99. The average Bonchev–Trinajstić information content (AvgIpc) is 2.87. The Bertz CT molecular complexity index is 1100. The Morgan fingerprint density at radius 1 is 0.585 bits per heavy atom. The molecule has 0 radical (unpaired) electrons. The molecule has 0 bridgehead atoms. The SMILES string of the molecule is CCCCCCCCCc1cnc(-c2ccc(OC(F)(F)C(F)(F)C(F)(F)C(F)(F)C(F)(F)C(F)(F)F)cc2)nc1. The second-order valence-corrected chi connectivity index (χ2v) is 9.22. The van der Waals surface area contributed by atoms with E-state index in [-0.39, 0.29) is 11.4 Å². The van der Waals surface area contributed by atoms with Crippen molar-refractivity contribution in [1.29, 1.82) is 0 Å². The van der Waals surface area contributed by atoms with E-state index in [9.17, 15) is 57.1 Å². The number of halogens is 13. The van der Waals surface area contributed by atoms with Crippen molar-refractivity contribution in [1.82, 2.24) is 9.97 Å². The number of nitrogens with zero attached hydrogens (tertiary/aromatic N) is 2. The first-order valence-corrected chi connectivity index (χ1v) is 12.3. The second kappa shape index (κ2) is 12.6. The molecule has 0 unspecified atom stereocenters. The summed E-state index contributed by atoms with van der Waals surface area (Å²) in [5.41, 5.74) is 0.884. The smallest absolute Gasteiger partial charge is 0.428 e. The largest absolute Gasteiger partial charge is 0.471 e. The number of aromatic nitrogens is 2. The maximum atomic E-state index is 13.9. The third kappa shape index (κ3) is 7.16. The first-order chi connectivity index (χ1) is 18.7. The normalized spacial score (nSPS) is 13.9. The highest BCUT2D eigenvalue weighted by molar-refractivity contribution is 5.56. The molecule has 0 atom stereocenters. The monoisotopic (exact) mass is 616 g/mol. The van der Waals surface area contributed by atoms with E-state index in [1.54, 1.807) is 0 Å². The van der Waals surface area contributed by atoms with Gasteiger partial charge in [-0.15, -0.1) is 0 Å². The molecule has 0 aliphatic rings. The molecule has 1 heterocycles. The van der Waals surface area contributed by atoms with Crippen LogP contribution in [0.15, 0.2) is 36.7 Å². The molecule has 0 amide bonds. The summed E-state index contributed by atoms with van der Waals surface area (Å²) >= 11 is 0. The van der Waals surface area contributed by atoms with E-state index in [0.717, 1.165) is 49.8 Å². The van der Waals surface area contributed by atoms with Gasteiger partial charge in [-0.2, -0.15) is 57.1 Å². The summed E-state index contributed by atoms with van der Waals surface area (Å²) in [6.45, 7) is 2.12. The van der Waals surface area contributed by atoms with Gasteiger partial charge in [-0.05, 0) is 42.7 Å². The van der Waals surface area contributed by atoms with Gasteiger partial charge in [0.25, 0.3) is 0 Å². The Hall–Kier alpha value is -2.81. The molecule has 0 aliphatic carbocycles. The fourth-order valence-electron chi connectivity index (χ4n) is 3.56. The summed E-state index contributed by atoms with van der Waals surface area (Å²) in [6, 6.07) is 2.80. The third-order valence-electron chi connectivity index (χ3n) is 6.04. The Labute approximate surface area is 226 Å². The maximum absolute atomic E-state index is 13.9. The van der Waals surface area contributed by atoms with Crippen LogP contribution in [0, 0.1) is 0 Å². The predicted molar refractivity (Wildman–Crippen MR) is 121 cm³/mol. The lowest BCUT2D eigenvalue weighted by Gasteiger charge is -2.39. The van der Waals surface area contributed by atoms with Gasteiger partial charge in [-0.1, -0.05) is 45.4 Å². The molecule has 0 N–H and O–H groups in total. The van der Waals surface area contributed by atoms with Gasteiger partial charge in [-0.25, -0.2) is 9.97 Å². The average molecular weight is 616 g/mol. The van der Waals surface area contributed by atoms with Crippen LogP contribution in [0.3, 0.4) is 0 Å². The van der Waals surface area contributed by atoms with E-state index < -0.39 is 41.7 Å². The van der Waals surface area contributed by atoms with Crippen LogP contribution in [0.5, 0.6) is 5.75 Å². The van der Waals surface area contributed by atoms with Crippen molar-refractivity contribution in [3.63, 3.8) is 0 Å². The molecule has 3 nitrogen and oxygen atoms in total. The lowest BCUT2D eigenvalue weighted by atomic mass is 9.97. The van der Waals surface area contributed by atoms with Crippen molar-refractivity contribution >= 4 is 0 Å². The highest BCUT2D eigenvalue weighted by Gasteiger charge is 2.91. The number of rotatable bonds is 15. The van der Waals surface area contributed by atoms with Crippen molar-refractivity contribution in [3.05, 3.63) is 42.2 Å². The van der Waals surface area contributed by atoms with Gasteiger partial charge in [0, 0.05) is 18.0 Å². The molecule has 0 fully saturated rings. The molecule has 1 aromatic carbocycles. The van der Waals surface area contributed by atoms with Crippen LogP contribution in [0.1, 0.15) is 57.4 Å². The number of hydrogen-bond donors (Lipinski definition) is 0. The van der Waals surface area contributed by atoms with Crippen LogP contribution in [0.2, 0.25) is 0 Å². The van der Waals surface area contributed by atoms with E-state index in [1.165, 1.54) is 25.2 Å². The summed E-state index contributed by atoms with van der Waals surface area (Å²) in [5.74, 6) is -32.6. The Morgan fingerprint density at radius 3 is 1.54 bits per heavy atom. The fourth-order valence-corrected chi connectivity index (χ4v) is 3.56. The van der Waals surface area contributed by atoms with Crippen LogP contribution in [0.25, 0.3) is 11.4 Å². The number of benzene rings is 1. The minimum absolute atomic E-state index is 0.0255. The molecule has 0 spiro atoms. The molecule has 2 aromatic rings. The first kappa shape index (κ1) is 34.4. The zero-order valence-corrected chi connectivity index (χ0v) is 21.3. The first-order valence-electron chi connectivity index (χ1n) is 12.3. The fraction of sp³-hybridized carbons (Fsp3) is 0.600. The standard InChI is InChI=1S/C25H25F13N2O/c1-2-3-4-5-6-7-8-9-16-14-39-19(40-15-16)17-10-12-18(13-11-17)41-25(37,38)23(32,33)21(28,29)20(26,27)22(30,31)24(34,35)36/h10-15H,2-9H2,1H3. The topological polar surface area (TPSA) is 35.0 Å². The number of aryl methyl sites for hydroxylation is 1. The van der Waals surface area contributed by atoms with Gasteiger partial charge in [0.1, 0.15) is 5.75 Å². The van der Waals surface area contributed by atoms with Crippen LogP contribution < -0.4 is 4.74 Å². The van der Waals surface area contributed by atoms with Crippen LogP contribution in [-0.2, 0) is 6.42 Å². The summed E-state index contributed by atoms with van der Waals surface area (Å²) in [4.78, 5) is 8.14. The van der Waals surface area contributed by atoms with Crippen LogP contribution >= 0.6 is 0 Å². The van der Waals surface area contributed by atoms with E-state index >= 15 is 0 Å². The van der Waals surface area contributed by atoms with E-state index in [0.29, 0.717) is 18.6 Å². The van der Waals surface area contributed by atoms with Gasteiger partial charge in [0.05, 0.1) is 0 Å². The van der Waals surface area contributed by atoms with Crippen LogP contribution in [0.4, 0.5) is 57.1 Å². The molecular weight excluding hydrogens is 591 g/mol. The van der Waals surface area contributed by atoms with E-state index in [4.69, 9.17) is 0 Å². The molecule has 0 saturated heterocycles. The highest BCUT2D eigenvalue weighted by Crippen LogP contribution is 2.60. The van der Waals surface area contributed by atoms with E-state index in [1.807, 2.05) is 0 Å². The van der Waals surface area contributed by atoms with Crippen molar-refractivity contribution in [3.8, 4) is 17.1 Å². The summed E-state index contributed by atoms with van der Waals surface area (Å²) in [7, 11) is 0. The van der Waals surface area contributed by atoms with Crippen molar-refractivity contribution in [2.75, 3.05) is 0 Å². The van der Waals surface area contributed by atoms with Crippen molar-refractivity contribution in [2.45, 2.75) is 94.3 Å². The van der Waals surface area contributed by atoms with Gasteiger partial charge in [0.15, 0.2) is 5.82 Å². The quantitative estimate of drug-likeness (QED) is 0.148. The molecule has 1 aromatic heterocycles. The number of hydrogen-bond acceptors (Lipinski definition) is 3. The Morgan fingerprint density at radius 2 is 1.05 bits per heavy atom. The molecule has 41 heavy (non-hydrogen) atoms. The van der Waals surface area contributed by atoms with Crippen molar-refractivity contribution in [2.24, 2.45) is 0 Å². The lowest BCUT2D eigenvalue weighted by molar-refractivity contribution is -0.456. The Balaban J connectivity index is 2.10. The number of ether oxygens (including phenoxy) is 1. The summed E-state index contributed by atoms with van der Waals surface area (Å²) in [5, 5.41) is 0. The molecular formula is C25H25F13N2O. The van der Waals surface area contributed by atoms with Crippen molar-refractivity contribution < 1.29 is 61.8 Å². The van der Waals surface area contributed by atoms with Crippen LogP contribution in [-0.4, -0.2) is 45.9 Å². The number of unbranched alkanes of at least 4 members (excludes halogenated alkanes) is 6. The highest BCUT2D eigenvalue weighted by atomic mass is 19.4. The minimum Gasteiger partial charge on any atom is -0.428 e. The predicted octanol–water partition coefficient (Wildman–Crippen LogP) is 9.51. The molecule has 16 heteroatoms. The maximum Gasteiger partial charge on any atom is 0.471 e. The zero-order chi connectivity index (χ0) is 31.3. The molecule has 2 rings (SSSR count). The van der Waals surface area contributed by atoms with Gasteiger partial charge >= 0.3 is 36.0 Å². The lowest BCUT2D eigenvalue weighted by Crippen LogP contribution is -2.70. The molecule has 0 saturated carbocycles. The second-order valence-electron chi connectivity index (χ2n) is 9.22. The third-order valence-corrected chi connectivity index (χ3v) is 6.04. The molecule has 0 aliphatic heterocycles. The van der Waals surface area contributed by atoms with Gasteiger partial charge in [-0.3, -0.25) is 0 Å². The summed E-state index contributed by atoms with van der Waals surface area (Å²) in [6.07, 6.45) is -2.90. The number of alkyl halides is 13. The van der Waals surface area contributed by atoms with Gasteiger partial charge in [0.2, 0.25) is 0 Å².